The van der Waals surface area contributed by atoms with Crippen molar-refractivity contribution in [1.29, 1.82) is 0 Å². The number of hydrogen-bond acceptors (Lipinski definition) is 4. The van der Waals surface area contributed by atoms with Gasteiger partial charge in [0.15, 0.2) is 5.11 Å². The summed E-state index contributed by atoms with van der Waals surface area (Å²) in [5.41, 5.74) is 10.0. The van der Waals surface area contributed by atoms with Crippen LogP contribution in [0.25, 0.3) is 0 Å². The van der Waals surface area contributed by atoms with Crippen molar-refractivity contribution in [2.75, 3.05) is 17.3 Å². The van der Waals surface area contributed by atoms with Crippen LogP contribution < -0.4 is 27.2 Å². The van der Waals surface area contributed by atoms with E-state index in [9.17, 15) is 14.0 Å². The number of nitrogens with one attached hydrogen (secondary N) is 4. The highest BCUT2D eigenvalue weighted by Gasteiger charge is 2.19. The van der Waals surface area contributed by atoms with Crippen LogP contribution in [0.15, 0.2) is 24.3 Å². The lowest BCUT2D eigenvalue weighted by Gasteiger charge is -2.18. The van der Waals surface area contributed by atoms with Crippen molar-refractivity contribution in [3.8, 4) is 0 Å². The third kappa shape index (κ3) is 7.15. The van der Waals surface area contributed by atoms with Crippen LogP contribution in [0.3, 0.4) is 0 Å². The minimum atomic E-state index is -0.793. The molecule has 0 aliphatic heterocycles. The summed E-state index contributed by atoms with van der Waals surface area (Å²) in [4.78, 5) is 22.9. The summed E-state index contributed by atoms with van der Waals surface area (Å²) in [5, 5.41) is 4.96. The number of hydrogen-bond donors (Lipinski definition) is 5. The number of hydrazine groups is 1. The number of para-hydroxylation sites is 1. The Bertz CT molecular complexity index is 573. The van der Waals surface area contributed by atoms with E-state index in [0.29, 0.717) is 12.2 Å². The SMILES string of the molecule is CSCC[C@H](NC(N)=O)C(=O)NNC(=S)Nc1ccccc1F. The second-order valence-corrected chi connectivity index (χ2v) is 5.78. The fourth-order valence-corrected chi connectivity index (χ4v) is 2.23. The molecule has 3 amide bonds. The number of halogens is 1. The number of thioether (sulfide) groups is 1. The second kappa shape index (κ2) is 9.85. The van der Waals surface area contributed by atoms with Crippen LogP contribution in [-0.2, 0) is 4.79 Å². The molecule has 0 aromatic heterocycles. The van der Waals surface area contributed by atoms with Gasteiger partial charge < -0.3 is 16.4 Å². The average Bonchev–Trinajstić information content (AvgIpc) is 2.51. The Balaban J connectivity index is 2.50. The van der Waals surface area contributed by atoms with Gasteiger partial charge >= 0.3 is 6.03 Å². The quantitative estimate of drug-likeness (QED) is 0.382. The van der Waals surface area contributed by atoms with Crippen molar-refractivity contribution in [2.45, 2.75) is 12.5 Å². The number of urea groups is 1. The number of primary amides is 1. The monoisotopic (exact) mass is 359 g/mol. The molecule has 1 rings (SSSR count). The molecule has 0 heterocycles. The predicted octanol–water partition coefficient (Wildman–Crippen LogP) is 0.933. The number of thiocarbonyl (C=S) groups is 1. The second-order valence-electron chi connectivity index (χ2n) is 4.39. The van der Waals surface area contributed by atoms with Crippen LogP contribution in [0.5, 0.6) is 0 Å². The van der Waals surface area contributed by atoms with Crippen LogP contribution in [-0.4, -0.2) is 35.1 Å². The van der Waals surface area contributed by atoms with Gasteiger partial charge in [-0.1, -0.05) is 12.1 Å². The Morgan fingerprint density at radius 2 is 2.04 bits per heavy atom. The number of nitrogens with two attached hydrogens (primary N) is 1. The molecule has 7 nitrogen and oxygen atoms in total. The van der Waals surface area contributed by atoms with E-state index >= 15 is 0 Å². The van der Waals surface area contributed by atoms with E-state index in [0.717, 1.165) is 0 Å². The molecule has 1 aromatic rings. The van der Waals surface area contributed by atoms with Gasteiger partial charge in [-0.15, -0.1) is 0 Å². The molecule has 0 spiro atoms. The summed E-state index contributed by atoms with van der Waals surface area (Å²) in [6.45, 7) is 0. The molecule has 6 N–H and O–H groups in total. The van der Waals surface area contributed by atoms with Crippen molar-refractivity contribution in [3.05, 3.63) is 30.1 Å². The van der Waals surface area contributed by atoms with Crippen LogP contribution in [0.1, 0.15) is 6.42 Å². The molecule has 0 fully saturated rings. The largest absolute Gasteiger partial charge is 0.352 e. The highest BCUT2D eigenvalue weighted by atomic mass is 32.2. The van der Waals surface area contributed by atoms with E-state index < -0.39 is 23.8 Å². The third-order valence-corrected chi connectivity index (χ3v) is 3.51. The average molecular weight is 359 g/mol. The zero-order valence-electron chi connectivity index (χ0n) is 12.4. The molecule has 23 heavy (non-hydrogen) atoms. The Morgan fingerprint density at radius 1 is 1.35 bits per heavy atom. The number of carbonyl (C=O) groups is 2. The zero-order valence-corrected chi connectivity index (χ0v) is 14.0. The van der Waals surface area contributed by atoms with E-state index in [4.69, 9.17) is 18.0 Å². The van der Waals surface area contributed by atoms with Gasteiger partial charge in [-0.2, -0.15) is 11.8 Å². The molecule has 0 bridgehead atoms. The van der Waals surface area contributed by atoms with Gasteiger partial charge in [0.2, 0.25) is 0 Å². The maximum Gasteiger partial charge on any atom is 0.312 e. The summed E-state index contributed by atoms with van der Waals surface area (Å²) in [5.74, 6) is -0.317. The fraction of sp³-hybridized carbons (Fsp3) is 0.308. The number of rotatable bonds is 6. The molecule has 0 aliphatic carbocycles. The topological polar surface area (TPSA) is 108 Å². The molecule has 0 aliphatic rings. The first-order chi connectivity index (χ1) is 10.9. The van der Waals surface area contributed by atoms with E-state index in [1.54, 1.807) is 12.1 Å². The minimum Gasteiger partial charge on any atom is -0.352 e. The third-order valence-electron chi connectivity index (χ3n) is 2.66. The molecular weight excluding hydrogens is 341 g/mol. The number of benzene rings is 1. The number of carbonyl (C=O) groups excluding carboxylic acids is 2. The number of amides is 3. The highest BCUT2D eigenvalue weighted by molar-refractivity contribution is 7.98. The Labute approximate surface area is 142 Å². The summed E-state index contributed by atoms with van der Waals surface area (Å²) in [7, 11) is 0. The molecular formula is C13H18FN5O2S2. The molecule has 1 aromatic carbocycles. The van der Waals surface area contributed by atoms with Crippen molar-refractivity contribution >= 4 is 46.7 Å². The van der Waals surface area contributed by atoms with Crippen LogP contribution in [0, 0.1) is 5.82 Å². The lowest BCUT2D eigenvalue weighted by Crippen LogP contribution is -2.54. The molecule has 0 saturated heterocycles. The van der Waals surface area contributed by atoms with Gasteiger partial charge in [-0.3, -0.25) is 15.6 Å². The van der Waals surface area contributed by atoms with Crippen molar-refractivity contribution in [1.82, 2.24) is 16.2 Å². The van der Waals surface area contributed by atoms with E-state index in [1.165, 1.54) is 23.9 Å². The van der Waals surface area contributed by atoms with Crippen molar-refractivity contribution < 1.29 is 14.0 Å². The predicted molar refractivity (Wildman–Crippen MR) is 93.4 cm³/mol. The Kier molecular flexibility index (Phi) is 8.13. The van der Waals surface area contributed by atoms with E-state index in [-0.39, 0.29) is 10.8 Å². The van der Waals surface area contributed by atoms with Crippen molar-refractivity contribution in [3.63, 3.8) is 0 Å². The Hall–Kier alpha value is -2.07. The maximum atomic E-state index is 13.5. The van der Waals surface area contributed by atoms with Gasteiger partial charge in [0.05, 0.1) is 5.69 Å². The summed E-state index contributed by atoms with van der Waals surface area (Å²) < 4.78 is 13.5. The normalized spacial score (nSPS) is 11.2. The first-order valence-electron chi connectivity index (χ1n) is 6.60. The Morgan fingerprint density at radius 3 is 2.65 bits per heavy atom. The van der Waals surface area contributed by atoms with Crippen molar-refractivity contribution in [2.24, 2.45) is 5.73 Å². The van der Waals surface area contributed by atoms with Crippen LogP contribution in [0.4, 0.5) is 14.9 Å². The standard InChI is InChI=1S/C13H18FN5O2S2/c1-23-7-6-10(16-12(15)21)11(20)18-19-13(22)17-9-5-3-2-4-8(9)14/h2-5,10H,6-7H2,1H3,(H,18,20)(H3,15,16,21)(H2,17,19,22)/t10-/m0/s1. The molecule has 10 heteroatoms. The van der Waals surface area contributed by atoms with Crippen LogP contribution in [0.2, 0.25) is 0 Å². The highest BCUT2D eigenvalue weighted by Crippen LogP contribution is 2.11. The fourth-order valence-electron chi connectivity index (χ4n) is 1.60. The van der Waals surface area contributed by atoms with Gasteiger partial charge in [-0.25, -0.2) is 9.18 Å². The smallest absolute Gasteiger partial charge is 0.312 e. The van der Waals surface area contributed by atoms with Crippen LogP contribution >= 0.6 is 24.0 Å². The maximum absolute atomic E-state index is 13.5. The molecule has 126 valence electrons. The lowest BCUT2D eigenvalue weighted by atomic mass is 10.2. The summed E-state index contributed by atoms with van der Waals surface area (Å²) in [6, 6.07) is 4.38. The first kappa shape index (κ1) is 19.0. The minimum absolute atomic E-state index is 0.00569. The lowest BCUT2D eigenvalue weighted by molar-refractivity contribution is -0.123. The van der Waals surface area contributed by atoms with E-state index in [1.807, 2.05) is 6.26 Å². The van der Waals surface area contributed by atoms with Gasteiger partial charge in [0.25, 0.3) is 5.91 Å². The summed E-state index contributed by atoms with van der Waals surface area (Å²) >= 11 is 6.49. The number of anilines is 1. The van der Waals surface area contributed by atoms with Gasteiger partial charge in [0, 0.05) is 0 Å². The zero-order chi connectivity index (χ0) is 17.2. The van der Waals surface area contributed by atoms with E-state index in [2.05, 4.69) is 21.5 Å². The summed E-state index contributed by atoms with van der Waals surface area (Å²) in [6.07, 6.45) is 2.29. The molecule has 1 atom stereocenters. The molecule has 0 saturated carbocycles. The first-order valence-corrected chi connectivity index (χ1v) is 8.40. The molecule has 0 unspecified atom stereocenters. The molecule has 0 radical (unpaired) electrons. The van der Waals surface area contributed by atoms with Gasteiger partial charge in [-0.05, 0) is 42.8 Å². The van der Waals surface area contributed by atoms with Gasteiger partial charge in [0.1, 0.15) is 11.9 Å².